The van der Waals surface area contributed by atoms with Crippen LogP contribution in [-0.2, 0) is 6.42 Å². The van der Waals surface area contributed by atoms with E-state index in [1.807, 2.05) is 18.2 Å². The minimum absolute atomic E-state index is 0.569. The summed E-state index contributed by atoms with van der Waals surface area (Å²) in [5, 5.41) is 0. The molecular formula is C8H10N2. The molecule has 1 rings (SSSR count). The van der Waals surface area contributed by atoms with E-state index in [-0.39, 0.29) is 0 Å². The van der Waals surface area contributed by atoms with Gasteiger partial charge in [-0.25, -0.2) is 4.98 Å². The molecule has 0 unspecified atom stereocenters. The van der Waals surface area contributed by atoms with Gasteiger partial charge in [0, 0.05) is 12.1 Å². The first-order valence-corrected chi connectivity index (χ1v) is 3.15. The summed E-state index contributed by atoms with van der Waals surface area (Å²) >= 11 is 0. The van der Waals surface area contributed by atoms with Crippen LogP contribution in [0, 0.1) is 0 Å². The van der Waals surface area contributed by atoms with Crippen molar-refractivity contribution in [3.8, 4) is 0 Å². The maximum Gasteiger partial charge on any atom is 0.123 e. The van der Waals surface area contributed by atoms with Crippen molar-refractivity contribution >= 4 is 5.82 Å². The van der Waals surface area contributed by atoms with E-state index in [1.165, 1.54) is 0 Å². The lowest BCUT2D eigenvalue weighted by Gasteiger charge is -1.95. The van der Waals surface area contributed by atoms with Crippen LogP contribution in [0.1, 0.15) is 5.69 Å². The van der Waals surface area contributed by atoms with Crippen LogP contribution >= 0.6 is 0 Å². The minimum Gasteiger partial charge on any atom is -0.384 e. The average molecular weight is 134 g/mol. The molecule has 0 saturated carbocycles. The van der Waals surface area contributed by atoms with Crippen LogP contribution in [-0.4, -0.2) is 4.98 Å². The van der Waals surface area contributed by atoms with E-state index < -0.39 is 0 Å². The van der Waals surface area contributed by atoms with Gasteiger partial charge in [-0.05, 0) is 12.1 Å². The Labute approximate surface area is 60.4 Å². The van der Waals surface area contributed by atoms with Gasteiger partial charge in [-0.1, -0.05) is 12.1 Å². The summed E-state index contributed by atoms with van der Waals surface area (Å²) in [5.41, 5.74) is 6.41. The van der Waals surface area contributed by atoms with Gasteiger partial charge in [0.25, 0.3) is 0 Å². The summed E-state index contributed by atoms with van der Waals surface area (Å²) in [6.45, 7) is 3.60. The topological polar surface area (TPSA) is 38.9 Å². The zero-order chi connectivity index (χ0) is 7.40. The molecule has 0 aliphatic carbocycles. The SMILES string of the molecule is C=CCc1cccc(N)n1. The van der Waals surface area contributed by atoms with Gasteiger partial charge in [0.15, 0.2) is 0 Å². The predicted octanol–water partition coefficient (Wildman–Crippen LogP) is 1.39. The molecule has 0 aromatic carbocycles. The lowest BCUT2D eigenvalue weighted by Crippen LogP contribution is -1.93. The van der Waals surface area contributed by atoms with Gasteiger partial charge < -0.3 is 5.73 Å². The van der Waals surface area contributed by atoms with Crippen molar-refractivity contribution in [1.29, 1.82) is 0 Å². The summed E-state index contributed by atoms with van der Waals surface area (Å²) in [6.07, 6.45) is 2.59. The standard InChI is InChI=1S/C8H10N2/c1-2-4-7-5-3-6-8(9)10-7/h2-3,5-6H,1,4H2,(H2,9,10). The fraction of sp³-hybridized carbons (Fsp3) is 0.125. The van der Waals surface area contributed by atoms with Crippen LogP contribution in [0.4, 0.5) is 5.82 Å². The third kappa shape index (κ3) is 1.58. The molecule has 0 amide bonds. The highest BCUT2D eigenvalue weighted by atomic mass is 14.8. The number of nitrogens with zero attached hydrogens (tertiary/aromatic N) is 1. The van der Waals surface area contributed by atoms with Gasteiger partial charge in [0.1, 0.15) is 5.82 Å². The first-order chi connectivity index (χ1) is 4.83. The monoisotopic (exact) mass is 134 g/mol. The molecule has 0 spiro atoms. The highest BCUT2D eigenvalue weighted by molar-refractivity contribution is 5.29. The minimum atomic E-state index is 0.569. The number of allylic oxidation sites excluding steroid dienone is 1. The third-order valence-corrected chi connectivity index (χ3v) is 1.18. The van der Waals surface area contributed by atoms with Crippen molar-refractivity contribution in [2.24, 2.45) is 0 Å². The predicted molar refractivity (Wildman–Crippen MR) is 42.6 cm³/mol. The summed E-state index contributed by atoms with van der Waals surface area (Å²) in [7, 11) is 0. The van der Waals surface area contributed by atoms with Gasteiger partial charge in [-0.3, -0.25) is 0 Å². The molecule has 2 N–H and O–H groups in total. The lowest BCUT2D eigenvalue weighted by molar-refractivity contribution is 1.12. The molecule has 2 heteroatoms. The van der Waals surface area contributed by atoms with Crippen molar-refractivity contribution in [3.05, 3.63) is 36.5 Å². The van der Waals surface area contributed by atoms with E-state index in [1.54, 1.807) is 6.07 Å². The number of rotatable bonds is 2. The van der Waals surface area contributed by atoms with Crippen molar-refractivity contribution < 1.29 is 0 Å². The Hall–Kier alpha value is -1.31. The van der Waals surface area contributed by atoms with Gasteiger partial charge in [0.2, 0.25) is 0 Å². The molecular weight excluding hydrogens is 124 g/mol. The smallest absolute Gasteiger partial charge is 0.123 e. The molecule has 0 atom stereocenters. The Morgan fingerprint density at radius 1 is 1.60 bits per heavy atom. The second-order valence-electron chi connectivity index (χ2n) is 2.05. The number of hydrogen-bond acceptors (Lipinski definition) is 2. The van der Waals surface area contributed by atoms with E-state index >= 15 is 0 Å². The first-order valence-electron chi connectivity index (χ1n) is 3.15. The number of hydrogen-bond donors (Lipinski definition) is 1. The molecule has 1 aromatic heterocycles. The van der Waals surface area contributed by atoms with Crippen molar-refractivity contribution in [2.45, 2.75) is 6.42 Å². The second-order valence-corrected chi connectivity index (χ2v) is 2.05. The summed E-state index contributed by atoms with van der Waals surface area (Å²) in [5.74, 6) is 0.569. The Morgan fingerprint density at radius 3 is 3.00 bits per heavy atom. The molecule has 52 valence electrons. The van der Waals surface area contributed by atoms with Crippen LogP contribution in [0.15, 0.2) is 30.9 Å². The molecule has 1 aromatic rings. The van der Waals surface area contributed by atoms with E-state index in [0.29, 0.717) is 5.82 Å². The van der Waals surface area contributed by atoms with Crippen molar-refractivity contribution in [2.75, 3.05) is 5.73 Å². The van der Waals surface area contributed by atoms with Crippen LogP contribution in [0.25, 0.3) is 0 Å². The van der Waals surface area contributed by atoms with Crippen molar-refractivity contribution in [1.82, 2.24) is 4.98 Å². The molecule has 0 bridgehead atoms. The van der Waals surface area contributed by atoms with E-state index in [0.717, 1.165) is 12.1 Å². The fourth-order valence-corrected chi connectivity index (χ4v) is 0.760. The zero-order valence-electron chi connectivity index (χ0n) is 5.75. The Morgan fingerprint density at radius 2 is 2.40 bits per heavy atom. The normalized spacial score (nSPS) is 9.20. The lowest BCUT2D eigenvalue weighted by atomic mass is 10.3. The highest BCUT2D eigenvalue weighted by Gasteiger charge is 1.89. The molecule has 2 nitrogen and oxygen atoms in total. The Balaban J connectivity index is 2.84. The molecule has 0 saturated heterocycles. The van der Waals surface area contributed by atoms with Gasteiger partial charge in [-0.15, -0.1) is 6.58 Å². The second kappa shape index (κ2) is 3.01. The molecule has 10 heavy (non-hydrogen) atoms. The van der Waals surface area contributed by atoms with E-state index in [2.05, 4.69) is 11.6 Å². The maximum absolute atomic E-state index is 5.44. The van der Waals surface area contributed by atoms with E-state index in [4.69, 9.17) is 5.73 Å². The Bertz CT molecular complexity index is 230. The molecule has 0 radical (unpaired) electrons. The number of anilines is 1. The van der Waals surface area contributed by atoms with Crippen LogP contribution < -0.4 is 5.73 Å². The number of nitrogen functional groups attached to an aromatic ring is 1. The van der Waals surface area contributed by atoms with E-state index in [9.17, 15) is 0 Å². The summed E-state index contributed by atoms with van der Waals surface area (Å²) in [4.78, 5) is 4.07. The van der Waals surface area contributed by atoms with Crippen LogP contribution in [0.5, 0.6) is 0 Å². The third-order valence-electron chi connectivity index (χ3n) is 1.18. The first kappa shape index (κ1) is 6.81. The average Bonchev–Trinajstić information content (AvgIpc) is 1.88. The summed E-state index contributed by atoms with van der Waals surface area (Å²) < 4.78 is 0. The summed E-state index contributed by atoms with van der Waals surface area (Å²) in [6, 6.07) is 5.59. The van der Waals surface area contributed by atoms with Gasteiger partial charge in [-0.2, -0.15) is 0 Å². The quantitative estimate of drug-likeness (QED) is 0.621. The largest absolute Gasteiger partial charge is 0.384 e. The molecule has 0 aliphatic heterocycles. The fourth-order valence-electron chi connectivity index (χ4n) is 0.760. The molecule has 0 fully saturated rings. The van der Waals surface area contributed by atoms with Crippen LogP contribution in [0.3, 0.4) is 0 Å². The van der Waals surface area contributed by atoms with Gasteiger partial charge in [0.05, 0.1) is 0 Å². The van der Waals surface area contributed by atoms with Crippen LogP contribution in [0.2, 0.25) is 0 Å². The van der Waals surface area contributed by atoms with Gasteiger partial charge >= 0.3 is 0 Å². The maximum atomic E-state index is 5.44. The zero-order valence-corrected chi connectivity index (χ0v) is 5.75. The molecule has 1 heterocycles. The number of nitrogens with two attached hydrogens (primary N) is 1. The van der Waals surface area contributed by atoms with Crippen molar-refractivity contribution in [3.63, 3.8) is 0 Å². The number of aromatic nitrogens is 1. The molecule has 0 aliphatic rings. The number of pyridine rings is 1. The highest BCUT2D eigenvalue weighted by Crippen LogP contribution is 2.00. The Kier molecular flexibility index (Phi) is 2.05.